The second-order valence-electron chi connectivity index (χ2n) is 9.04. The van der Waals surface area contributed by atoms with Crippen LogP contribution in [0.25, 0.3) is 11.1 Å². The number of amides is 1. The topological polar surface area (TPSA) is 52.3 Å². The number of benzene rings is 1. The van der Waals surface area contributed by atoms with Gasteiger partial charge in [0.1, 0.15) is 10.9 Å². The third kappa shape index (κ3) is 5.25. The number of nitriles is 1. The van der Waals surface area contributed by atoms with Crippen molar-refractivity contribution in [3.8, 4) is 17.2 Å². The van der Waals surface area contributed by atoms with Gasteiger partial charge in [-0.2, -0.15) is 18.4 Å². The third-order valence-corrected chi connectivity index (χ3v) is 7.32. The monoisotopic (exact) mass is 512 g/mol. The van der Waals surface area contributed by atoms with Gasteiger partial charge >= 0.3 is 6.18 Å². The molecule has 188 valence electrons. The molecule has 1 aliphatic heterocycles. The highest BCUT2D eigenvalue weighted by molar-refractivity contribution is 7.12. The molecular formula is C27H27F3N4OS. The lowest BCUT2D eigenvalue weighted by Crippen LogP contribution is -2.37. The number of likely N-dealkylation sites (N-methyl/N-ethyl adjacent to an activating group) is 1. The minimum absolute atomic E-state index is 0.117. The molecular weight excluding hydrogens is 485 g/mol. The van der Waals surface area contributed by atoms with E-state index in [1.54, 1.807) is 36.1 Å². The summed E-state index contributed by atoms with van der Waals surface area (Å²) in [6.07, 6.45) is 1.50. The van der Waals surface area contributed by atoms with E-state index in [0.29, 0.717) is 42.2 Å². The number of rotatable bonds is 6. The second-order valence-corrected chi connectivity index (χ2v) is 10.2. The van der Waals surface area contributed by atoms with Crippen LogP contribution in [-0.2, 0) is 24.1 Å². The molecule has 1 amide bonds. The van der Waals surface area contributed by atoms with Gasteiger partial charge in [-0.05, 0) is 43.8 Å². The molecule has 0 aliphatic carbocycles. The van der Waals surface area contributed by atoms with E-state index in [4.69, 9.17) is 0 Å². The first kappa shape index (κ1) is 25.7. The summed E-state index contributed by atoms with van der Waals surface area (Å²) in [7, 11) is 3.82. The standard InChI is InChI=1S/C27H27F3N4OS/c1-4-33-14-23(24(16-33)27(28,29)30)20-9-6-5-8-19(20)22-15-34(26(35)10-7-11-32(2)3)17-25-21(22)12-18(13-31)36-25/h5-10,12,14,16,22H,4,11,15,17H2,1-3H3/b10-7+. The number of fused-ring (bicyclic) bond motifs is 1. The molecule has 5 nitrogen and oxygen atoms in total. The van der Waals surface area contributed by atoms with Gasteiger partial charge in [-0.15, -0.1) is 11.3 Å². The van der Waals surface area contributed by atoms with Crippen LogP contribution in [0.5, 0.6) is 0 Å². The highest BCUT2D eigenvalue weighted by Gasteiger charge is 2.37. The van der Waals surface area contributed by atoms with Crippen LogP contribution in [0.15, 0.2) is 54.9 Å². The Bertz CT molecular complexity index is 1330. The highest BCUT2D eigenvalue weighted by Crippen LogP contribution is 2.44. The number of hydrogen-bond acceptors (Lipinski definition) is 4. The summed E-state index contributed by atoms with van der Waals surface area (Å²) in [6, 6.07) is 11.1. The van der Waals surface area contributed by atoms with Crippen LogP contribution in [0.3, 0.4) is 0 Å². The van der Waals surface area contributed by atoms with Crippen molar-refractivity contribution in [1.82, 2.24) is 14.4 Å². The molecule has 0 spiro atoms. The van der Waals surface area contributed by atoms with Crippen LogP contribution in [0, 0.1) is 11.3 Å². The van der Waals surface area contributed by atoms with E-state index in [0.717, 1.165) is 16.6 Å². The summed E-state index contributed by atoms with van der Waals surface area (Å²) >= 11 is 1.33. The van der Waals surface area contributed by atoms with Crippen molar-refractivity contribution in [3.63, 3.8) is 0 Å². The molecule has 3 heterocycles. The Labute approximate surface area is 212 Å². The van der Waals surface area contributed by atoms with Gasteiger partial charge in [0, 0.05) is 54.5 Å². The molecule has 0 fully saturated rings. The van der Waals surface area contributed by atoms with Gasteiger partial charge in [-0.25, -0.2) is 0 Å². The first-order valence-corrected chi connectivity index (χ1v) is 12.4. The molecule has 0 saturated carbocycles. The van der Waals surface area contributed by atoms with Gasteiger partial charge in [-0.1, -0.05) is 30.3 Å². The number of halogens is 3. The molecule has 1 atom stereocenters. The van der Waals surface area contributed by atoms with E-state index in [9.17, 15) is 23.2 Å². The van der Waals surface area contributed by atoms with Gasteiger partial charge in [0.2, 0.25) is 5.91 Å². The van der Waals surface area contributed by atoms with Crippen LogP contribution in [0.2, 0.25) is 0 Å². The number of nitrogens with zero attached hydrogens (tertiary/aromatic N) is 4. The van der Waals surface area contributed by atoms with E-state index in [2.05, 4.69) is 6.07 Å². The zero-order valence-electron chi connectivity index (χ0n) is 20.3. The third-order valence-electron chi connectivity index (χ3n) is 6.28. The van der Waals surface area contributed by atoms with Crippen molar-refractivity contribution >= 4 is 17.2 Å². The van der Waals surface area contributed by atoms with Gasteiger partial charge in [0.25, 0.3) is 0 Å². The number of aryl methyl sites for hydroxylation is 1. The molecule has 4 rings (SSSR count). The molecule has 1 aromatic carbocycles. The summed E-state index contributed by atoms with van der Waals surface area (Å²) in [5.41, 5.74) is 1.51. The minimum atomic E-state index is -4.50. The molecule has 0 saturated heterocycles. The number of thiophene rings is 1. The maximum Gasteiger partial charge on any atom is 0.418 e. The number of hydrogen-bond donors (Lipinski definition) is 0. The summed E-state index contributed by atoms with van der Waals surface area (Å²) in [4.78, 5) is 18.1. The molecule has 36 heavy (non-hydrogen) atoms. The van der Waals surface area contributed by atoms with Crippen LogP contribution in [-0.4, -0.2) is 47.5 Å². The van der Waals surface area contributed by atoms with Gasteiger partial charge in [0.15, 0.2) is 0 Å². The minimum Gasteiger partial charge on any atom is -0.353 e. The Kier molecular flexibility index (Phi) is 7.38. The Morgan fingerprint density at radius 2 is 1.97 bits per heavy atom. The van der Waals surface area contributed by atoms with Gasteiger partial charge < -0.3 is 14.4 Å². The number of carbonyl (C=O) groups is 1. The summed E-state index contributed by atoms with van der Waals surface area (Å²) in [6.45, 7) is 3.50. The molecule has 0 radical (unpaired) electrons. The zero-order chi connectivity index (χ0) is 26.0. The van der Waals surface area contributed by atoms with Gasteiger partial charge in [0.05, 0.1) is 12.1 Å². The van der Waals surface area contributed by atoms with Crippen molar-refractivity contribution in [2.45, 2.75) is 32.1 Å². The fourth-order valence-electron chi connectivity index (χ4n) is 4.55. The van der Waals surface area contributed by atoms with Crippen molar-refractivity contribution in [2.75, 3.05) is 27.2 Å². The Morgan fingerprint density at radius 1 is 1.22 bits per heavy atom. The quantitative estimate of drug-likeness (QED) is 0.397. The van der Waals surface area contributed by atoms with Crippen molar-refractivity contribution in [2.24, 2.45) is 0 Å². The summed E-state index contributed by atoms with van der Waals surface area (Å²) in [5.74, 6) is -0.523. The molecule has 1 unspecified atom stereocenters. The number of carbonyl (C=O) groups excluding carboxylic acids is 1. The van der Waals surface area contributed by atoms with Crippen molar-refractivity contribution in [3.05, 3.63) is 81.3 Å². The predicted octanol–water partition coefficient (Wildman–Crippen LogP) is 5.72. The zero-order valence-corrected chi connectivity index (χ0v) is 21.2. The Morgan fingerprint density at radius 3 is 2.64 bits per heavy atom. The van der Waals surface area contributed by atoms with Crippen LogP contribution in [0.1, 0.15) is 39.3 Å². The molecule has 1 aliphatic rings. The first-order chi connectivity index (χ1) is 17.1. The highest BCUT2D eigenvalue weighted by atomic mass is 32.1. The summed E-state index contributed by atoms with van der Waals surface area (Å²) < 4.78 is 43.5. The first-order valence-electron chi connectivity index (χ1n) is 11.6. The molecule has 9 heteroatoms. The van der Waals surface area contributed by atoms with Crippen molar-refractivity contribution in [1.29, 1.82) is 5.26 Å². The van der Waals surface area contributed by atoms with E-state index in [1.165, 1.54) is 28.2 Å². The molecule has 3 aromatic rings. The fourth-order valence-corrected chi connectivity index (χ4v) is 5.59. The van der Waals surface area contributed by atoms with Crippen LogP contribution in [0.4, 0.5) is 13.2 Å². The SMILES string of the molecule is CCn1cc(-c2ccccc2C2CN(C(=O)/C=C/CN(C)C)Cc3sc(C#N)cc32)c(C(F)(F)F)c1. The number of alkyl halides is 3. The van der Waals surface area contributed by atoms with E-state index < -0.39 is 11.7 Å². The maximum atomic E-state index is 14.0. The number of aromatic nitrogens is 1. The largest absolute Gasteiger partial charge is 0.418 e. The lowest BCUT2D eigenvalue weighted by molar-refractivity contribution is -0.137. The fraction of sp³-hybridized carbons (Fsp3) is 0.333. The van der Waals surface area contributed by atoms with Crippen LogP contribution < -0.4 is 0 Å². The van der Waals surface area contributed by atoms with Crippen molar-refractivity contribution < 1.29 is 18.0 Å². The van der Waals surface area contributed by atoms with Gasteiger partial charge in [-0.3, -0.25) is 4.79 Å². The molecule has 0 bridgehead atoms. The second kappa shape index (κ2) is 10.3. The lowest BCUT2D eigenvalue weighted by Gasteiger charge is -2.33. The average Bonchev–Trinajstić information content (AvgIpc) is 3.47. The molecule has 0 N–H and O–H groups in total. The van der Waals surface area contributed by atoms with Crippen LogP contribution >= 0.6 is 11.3 Å². The Balaban J connectivity index is 1.81. The average molecular weight is 513 g/mol. The summed E-state index contributed by atoms with van der Waals surface area (Å²) in [5, 5.41) is 9.51. The van der Waals surface area contributed by atoms with E-state index in [1.807, 2.05) is 31.1 Å². The van der Waals surface area contributed by atoms with E-state index in [-0.39, 0.29) is 17.4 Å². The predicted molar refractivity (Wildman–Crippen MR) is 135 cm³/mol. The molecule has 2 aromatic heterocycles. The lowest BCUT2D eigenvalue weighted by atomic mass is 9.83. The van der Waals surface area contributed by atoms with E-state index >= 15 is 0 Å². The Hall–Kier alpha value is -3.35. The maximum absolute atomic E-state index is 14.0. The normalized spacial score (nSPS) is 15.9. The smallest absolute Gasteiger partial charge is 0.353 e.